The molecule has 0 spiro atoms. The Morgan fingerprint density at radius 1 is 1.35 bits per heavy atom. The molecule has 88 valence electrons. The molecule has 0 saturated heterocycles. The summed E-state index contributed by atoms with van der Waals surface area (Å²) in [4.78, 5) is 15.3. The van der Waals surface area contributed by atoms with E-state index in [0.29, 0.717) is 6.42 Å². The first-order valence-electron chi connectivity index (χ1n) is 5.41. The minimum atomic E-state index is 0.136. The van der Waals surface area contributed by atoms with Crippen LogP contribution in [0, 0.1) is 6.92 Å². The van der Waals surface area contributed by atoms with Crippen LogP contribution in [0.1, 0.15) is 18.2 Å². The molecule has 0 fully saturated rings. The summed E-state index contributed by atoms with van der Waals surface area (Å²) in [5.41, 5.74) is 3.07. The Labute approximate surface area is 105 Å². The van der Waals surface area contributed by atoms with Gasteiger partial charge >= 0.3 is 0 Å². The molecule has 0 amide bonds. The number of aromatic nitrogens is 1. The zero-order chi connectivity index (χ0) is 12.3. The summed E-state index contributed by atoms with van der Waals surface area (Å²) in [7, 11) is 0. The fourth-order valence-electron chi connectivity index (χ4n) is 1.46. The molecule has 0 atom stereocenters. The number of ketones is 1. The summed E-state index contributed by atoms with van der Waals surface area (Å²) >= 11 is 1.52. The molecule has 17 heavy (non-hydrogen) atoms. The van der Waals surface area contributed by atoms with E-state index in [-0.39, 0.29) is 5.78 Å². The first-order chi connectivity index (χ1) is 8.13. The molecule has 2 aromatic rings. The van der Waals surface area contributed by atoms with E-state index in [1.807, 2.05) is 29.6 Å². The minimum absolute atomic E-state index is 0.136. The van der Waals surface area contributed by atoms with E-state index in [4.69, 9.17) is 0 Å². The normalized spacial score (nSPS) is 10.2. The molecule has 1 N–H and O–H groups in total. The van der Waals surface area contributed by atoms with Crippen LogP contribution in [0.3, 0.4) is 0 Å². The average Bonchev–Trinajstić information content (AvgIpc) is 2.68. The lowest BCUT2D eigenvalue weighted by Crippen LogP contribution is -1.97. The van der Waals surface area contributed by atoms with Gasteiger partial charge in [0, 0.05) is 17.5 Å². The van der Waals surface area contributed by atoms with E-state index in [9.17, 15) is 4.79 Å². The zero-order valence-corrected chi connectivity index (χ0v) is 10.7. The Bertz CT molecular complexity index is 516. The van der Waals surface area contributed by atoms with Crippen LogP contribution in [0.25, 0.3) is 0 Å². The van der Waals surface area contributed by atoms with E-state index in [2.05, 4.69) is 17.2 Å². The Kier molecular flexibility index (Phi) is 3.54. The molecule has 1 heterocycles. The monoisotopic (exact) mass is 246 g/mol. The first kappa shape index (κ1) is 11.8. The second kappa shape index (κ2) is 5.10. The SMILES string of the molecule is CC(=O)Cc1csc(Nc2ccc(C)cc2)n1. The lowest BCUT2D eigenvalue weighted by Gasteiger charge is -2.02. The lowest BCUT2D eigenvalue weighted by atomic mass is 10.2. The van der Waals surface area contributed by atoms with Gasteiger partial charge in [0.25, 0.3) is 0 Å². The number of benzene rings is 1. The van der Waals surface area contributed by atoms with Crippen molar-refractivity contribution in [3.8, 4) is 0 Å². The number of nitrogens with zero attached hydrogens (tertiary/aromatic N) is 1. The number of nitrogens with one attached hydrogen (secondary N) is 1. The maximum Gasteiger partial charge on any atom is 0.187 e. The smallest absolute Gasteiger partial charge is 0.187 e. The number of thiazole rings is 1. The lowest BCUT2D eigenvalue weighted by molar-refractivity contribution is -0.116. The van der Waals surface area contributed by atoms with Gasteiger partial charge in [0.05, 0.1) is 5.69 Å². The maximum absolute atomic E-state index is 11.0. The summed E-state index contributed by atoms with van der Waals surface area (Å²) in [6.07, 6.45) is 0.409. The van der Waals surface area contributed by atoms with Crippen LogP contribution in [0.5, 0.6) is 0 Å². The van der Waals surface area contributed by atoms with Gasteiger partial charge in [-0.2, -0.15) is 0 Å². The van der Waals surface area contributed by atoms with Gasteiger partial charge < -0.3 is 5.32 Å². The predicted molar refractivity (Wildman–Crippen MR) is 71.0 cm³/mol. The molecule has 0 bridgehead atoms. The first-order valence-corrected chi connectivity index (χ1v) is 6.29. The Balaban J connectivity index is 2.06. The number of hydrogen-bond donors (Lipinski definition) is 1. The molecule has 3 nitrogen and oxygen atoms in total. The molecule has 0 radical (unpaired) electrons. The molecule has 0 aliphatic carbocycles. The van der Waals surface area contributed by atoms with Crippen LogP contribution in [-0.2, 0) is 11.2 Å². The van der Waals surface area contributed by atoms with Crippen molar-refractivity contribution in [3.05, 3.63) is 40.9 Å². The van der Waals surface area contributed by atoms with Gasteiger partial charge in [-0.1, -0.05) is 17.7 Å². The summed E-state index contributed by atoms with van der Waals surface area (Å²) in [6, 6.07) is 8.13. The molecule has 1 aromatic carbocycles. The number of rotatable bonds is 4. The van der Waals surface area contributed by atoms with Gasteiger partial charge in [0.2, 0.25) is 0 Å². The van der Waals surface area contributed by atoms with Crippen LogP contribution in [0.2, 0.25) is 0 Å². The van der Waals surface area contributed by atoms with Crippen LogP contribution in [0.15, 0.2) is 29.6 Å². The molecule has 1 aromatic heterocycles. The van der Waals surface area contributed by atoms with Gasteiger partial charge in [0.1, 0.15) is 5.78 Å². The summed E-state index contributed by atoms with van der Waals surface area (Å²) in [6.45, 7) is 3.63. The number of anilines is 2. The van der Waals surface area contributed by atoms with Gasteiger partial charge in [0.15, 0.2) is 5.13 Å². The van der Waals surface area contributed by atoms with E-state index in [1.165, 1.54) is 16.9 Å². The third-order valence-electron chi connectivity index (χ3n) is 2.28. The predicted octanol–water partition coefficient (Wildman–Crippen LogP) is 3.33. The quantitative estimate of drug-likeness (QED) is 0.899. The van der Waals surface area contributed by atoms with E-state index < -0.39 is 0 Å². The number of carbonyl (C=O) groups excluding carboxylic acids is 1. The average molecular weight is 246 g/mol. The highest BCUT2D eigenvalue weighted by Gasteiger charge is 2.04. The summed E-state index contributed by atoms with van der Waals surface area (Å²) in [5, 5.41) is 5.96. The van der Waals surface area contributed by atoms with Gasteiger partial charge in [-0.3, -0.25) is 4.79 Å². The van der Waals surface area contributed by atoms with Gasteiger partial charge in [-0.25, -0.2) is 4.98 Å². The molecule has 2 rings (SSSR count). The Morgan fingerprint density at radius 2 is 2.06 bits per heavy atom. The molecule has 4 heteroatoms. The van der Waals surface area contributed by atoms with E-state index in [0.717, 1.165) is 16.5 Å². The molecule has 0 aliphatic rings. The zero-order valence-electron chi connectivity index (χ0n) is 9.86. The van der Waals surface area contributed by atoms with Crippen LogP contribution >= 0.6 is 11.3 Å². The maximum atomic E-state index is 11.0. The number of hydrogen-bond acceptors (Lipinski definition) is 4. The van der Waals surface area contributed by atoms with Crippen LogP contribution in [-0.4, -0.2) is 10.8 Å². The molecular formula is C13H14N2OS. The highest BCUT2D eigenvalue weighted by atomic mass is 32.1. The number of Topliss-reactive ketones (excluding diaryl/α,β-unsaturated/α-hetero) is 1. The number of carbonyl (C=O) groups is 1. The van der Waals surface area contributed by atoms with Crippen molar-refractivity contribution in [1.82, 2.24) is 4.98 Å². The van der Waals surface area contributed by atoms with Crippen molar-refractivity contribution in [2.45, 2.75) is 20.3 Å². The van der Waals surface area contributed by atoms with E-state index >= 15 is 0 Å². The van der Waals surface area contributed by atoms with Crippen molar-refractivity contribution >= 4 is 27.9 Å². The van der Waals surface area contributed by atoms with Crippen molar-refractivity contribution < 1.29 is 4.79 Å². The second-order valence-corrected chi connectivity index (χ2v) is 4.87. The Morgan fingerprint density at radius 3 is 2.71 bits per heavy atom. The fraction of sp³-hybridized carbons (Fsp3) is 0.231. The van der Waals surface area contributed by atoms with Gasteiger partial charge in [-0.05, 0) is 26.0 Å². The highest BCUT2D eigenvalue weighted by Crippen LogP contribution is 2.21. The van der Waals surface area contributed by atoms with Crippen molar-refractivity contribution in [1.29, 1.82) is 0 Å². The van der Waals surface area contributed by atoms with Crippen LogP contribution < -0.4 is 5.32 Å². The third-order valence-corrected chi connectivity index (χ3v) is 3.09. The summed E-state index contributed by atoms with van der Waals surface area (Å²) in [5.74, 6) is 0.136. The molecule has 0 saturated carbocycles. The molecule has 0 unspecified atom stereocenters. The third kappa shape index (κ3) is 3.39. The second-order valence-electron chi connectivity index (χ2n) is 4.01. The topological polar surface area (TPSA) is 42.0 Å². The molecule has 0 aliphatic heterocycles. The largest absolute Gasteiger partial charge is 0.332 e. The minimum Gasteiger partial charge on any atom is -0.332 e. The fourth-order valence-corrected chi connectivity index (χ4v) is 2.19. The highest BCUT2D eigenvalue weighted by molar-refractivity contribution is 7.13. The van der Waals surface area contributed by atoms with Crippen molar-refractivity contribution in [2.75, 3.05) is 5.32 Å². The molecular weight excluding hydrogens is 232 g/mol. The standard InChI is InChI=1S/C13H14N2OS/c1-9-3-5-11(6-4-9)14-13-15-12(8-17-13)7-10(2)16/h3-6,8H,7H2,1-2H3,(H,14,15). The van der Waals surface area contributed by atoms with Crippen LogP contribution in [0.4, 0.5) is 10.8 Å². The summed E-state index contributed by atoms with van der Waals surface area (Å²) < 4.78 is 0. The number of aryl methyl sites for hydroxylation is 1. The Hall–Kier alpha value is -1.68. The van der Waals surface area contributed by atoms with Crippen molar-refractivity contribution in [2.24, 2.45) is 0 Å². The van der Waals surface area contributed by atoms with Crippen molar-refractivity contribution in [3.63, 3.8) is 0 Å². The van der Waals surface area contributed by atoms with Gasteiger partial charge in [-0.15, -0.1) is 11.3 Å². The van der Waals surface area contributed by atoms with E-state index in [1.54, 1.807) is 6.92 Å².